The van der Waals surface area contributed by atoms with Gasteiger partial charge in [0.25, 0.3) is 0 Å². The average Bonchev–Trinajstić information content (AvgIpc) is 3.89. The van der Waals surface area contributed by atoms with Crippen molar-refractivity contribution in [2.24, 2.45) is 16.3 Å². The Labute approximate surface area is 288 Å². The Kier molecular flexibility index (Phi) is 9.50. The van der Waals surface area contributed by atoms with Gasteiger partial charge >= 0.3 is 0 Å². The Morgan fingerprint density at radius 3 is 2.62 bits per heavy atom. The highest BCUT2D eigenvalue weighted by Crippen LogP contribution is 2.51. The molecular weight excluding hydrogens is 650 g/mol. The second-order valence-electron chi connectivity index (χ2n) is 14.6. The number of aliphatic hydroxyl groups excluding tert-OH is 5. The van der Waals surface area contributed by atoms with E-state index in [0.717, 1.165) is 41.9 Å². The number of ether oxygens (including phenoxy) is 1. The molecule has 0 bridgehead atoms. The summed E-state index contributed by atoms with van der Waals surface area (Å²) in [5.74, 6) is 1.26. The molecule has 7 rings (SSSR count). The van der Waals surface area contributed by atoms with Crippen LogP contribution < -0.4 is 20.4 Å². The summed E-state index contributed by atoms with van der Waals surface area (Å²) >= 11 is 0. The molecule has 2 fully saturated rings. The average molecular weight is 697 g/mol. The molecule has 1 aliphatic carbocycles. The SMILES string of the molecule is Cc1cc(=O)c2cc3c(c([NH+]4C=C5C=CN=C5C4)c2o1)O[C@](C)(CC[C@@H]1CNC(=O)C12CCCC2)[C@H](OOC[C@H](O)[C@@H](O)[C@H](O)[C@H](O)CO)C3. The fourth-order valence-electron chi connectivity index (χ4n) is 8.41. The molecule has 14 heteroatoms. The molecule has 8 atom stereocenters. The first-order valence-corrected chi connectivity index (χ1v) is 17.4. The third-order valence-electron chi connectivity index (χ3n) is 11.4. The second-order valence-corrected chi connectivity index (χ2v) is 14.6. The highest BCUT2D eigenvalue weighted by Gasteiger charge is 2.53. The standard InChI is InChI=1S/C36H45N3O11/c1-19-11-25(41)23-12-21-13-28(50-47-18-27(43)31(45)30(44)26(42)17-40)35(2,9-5-22-14-38-34(46)36(22)7-3-4-8-36)49-32(21)29(33(23)48-19)39-15-20-6-10-37-24(20)16-39/h6,10-12,15,22,26-28,30-31,40,42-45H,3-5,7-9,13-14,16-18H2,1-2H3,(H,38,46)/p+1/t22-,26-,27+,28-,30-,31-,35-/m1/s1. The molecule has 1 amide bonds. The molecular formula is C36H46N3O11+. The zero-order valence-corrected chi connectivity index (χ0v) is 28.3. The Morgan fingerprint density at radius 2 is 1.88 bits per heavy atom. The van der Waals surface area contributed by atoms with Gasteiger partial charge in [-0.05, 0) is 57.6 Å². The van der Waals surface area contributed by atoms with Gasteiger partial charge in [-0.2, -0.15) is 0 Å². The van der Waals surface area contributed by atoms with Crippen molar-refractivity contribution in [3.63, 3.8) is 0 Å². The van der Waals surface area contributed by atoms with Crippen LogP contribution in [0.15, 0.2) is 50.4 Å². The first-order chi connectivity index (χ1) is 23.9. The van der Waals surface area contributed by atoms with Crippen molar-refractivity contribution in [2.75, 3.05) is 26.3 Å². The molecule has 50 heavy (non-hydrogen) atoms. The number of amides is 1. The number of hydrogen-bond acceptors (Lipinski definition) is 12. The van der Waals surface area contributed by atoms with Gasteiger partial charge in [-0.1, -0.05) is 12.8 Å². The van der Waals surface area contributed by atoms with Gasteiger partial charge in [-0.25, -0.2) is 9.78 Å². The molecule has 270 valence electrons. The van der Waals surface area contributed by atoms with Crippen molar-refractivity contribution >= 4 is 28.3 Å². The largest absolute Gasteiger partial charge is 0.478 e. The number of nitrogens with zero attached hydrogens (tertiary/aromatic N) is 1. The molecule has 1 unspecified atom stereocenters. The van der Waals surface area contributed by atoms with Gasteiger partial charge < -0.3 is 40.0 Å². The number of aliphatic hydroxyl groups is 5. The molecule has 5 heterocycles. The van der Waals surface area contributed by atoms with Gasteiger partial charge in [-0.3, -0.25) is 19.5 Å². The van der Waals surface area contributed by atoms with Crippen LogP contribution in [0.1, 0.15) is 56.8 Å². The summed E-state index contributed by atoms with van der Waals surface area (Å²) in [5, 5.41) is 53.2. The number of fused-ring (bicyclic) bond motifs is 3. The maximum atomic E-state index is 13.3. The van der Waals surface area contributed by atoms with Crippen LogP contribution in [-0.2, 0) is 21.0 Å². The molecule has 0 radical (unpaired) electrons. The van der Waals surface area contributed by atoms with E-state index in [9.17, 15) is 30.0 Å². The molecule has 14 nitrogen and oxygen atoms in total. The summed E-state index contributed by atoms with van der Waals surface area (Å²) in [4.78, 5) is 43.3. The number of allylic oxidation sites excluding steroid dienone is 1. The van der Waals surface area contributed by atoms with Gasteiger partial charge in [0.2, 0.25) is 17.2 Å². The van der Waals surface area contributed by atoms with Gasteiger partial charge in [0.15, 0.2) is 11.2 Å². The van der Waals surface area contributed by atoms with E-state index in [4.69, 9.17) is 24.0 Å². The molecule has 1 aromatic carbocycles. The molecule has 5 aliphatic rings. The lowest BCUT2D eigenvalue weighted by atomic mass is 9.72. The zero-order chi connectivity index (χ0) is 35.4. The third kappa shape index (κ3) is 6.11. The maximum absolute atomic E-state index is 13.3. The van der Waals surface area contributed by atoms with Crippen molar-refractivity contribution in [1.29, 1.82) is 0 Å². The van der Waals surface area contributed by atoms with Crippen LogP contribution in [0.25, 0.3) is 11.0 Å². The zero-order valence-electron chi connectivity index (χ0n) is 28.3. The molecule has 1 saturated heterocycles. The first-order valence-electron chi connectivity index (χ1n) is 17.4. The number of aryl methyl sites for hydroxylation is 1. The lowest BCUT2D eigenvalue weighted by Gasteiger charge is -2.43. The quantitative estimate of drug-likeness (QED) is 0.116. The molecule has 1 saturated carbocycles. The molecule has 7 N–H and O–H groups in total. The summed E-state index contributed by atoms with van der Waals surface area (Å²) in [6, 6.07) is 3.21. The Morgan fingerprint density at radius 1 is 1.12 bits per heavy atom. The number of nitrogens with one attached hydrogen (secondary N) is 2. The number of aliphatic imine (C=N–C) groups is 1. The van der Waals surface area contributed by atoms with E-state index < -0.39 is 54.7 Å². The number of hydrogen-bond donors (Lipinski definition) is 7. The minimum Gasteiger partial charge on any atom is -0.478 e. The van der Waals surface area contributed by atoms with Crippen LogP contribution in [-0.4, -0.2) is 99.6 Å². The van der Waals surface area contributed by atoms with Crippen molar-refractivity contribution in [1.82, 2.24) is 5.32 Å². The van der Waals surface area contributed by atoms with Crippen molar-refractivity contribution in [2.45, 2.75) is 94.9 Å². The summed E-state index contributed by atoms with van der Waals surface area (Å²) in [5.41, 5.74) is 2.11. The lowest BCUT2D eigenvalue weighted by Crippen LogP contribution is -3.01. The van der Waals surface area contributed by atoms with Crippen LogP contribution in [0.4, 0.5) is 5.69 Å². The summed E-state index contributed by atoms with van der Waals surface area (Å²) in [6.45, 7) is 3.40. The predicted octanol–water partition coefficient (Wildman–Crippen LogP) is 0.0165. The number of rotatable bonds is 12. The van der Waals surface area contributed by atoms with Gasteiger partial charge in [0.1, 0.15) is 66.9 Å². The minimum absolute atomic E-state index is 0.104. The van der Waals surface area contributed by atoms with Crippen LogP contribution in [0.3, 0.4) is 0 Å². The van der Waals surface area contributed by atoms with Crippen molar-refractivity contribution in [3.8, 4) is 5.75 Å². The maximum Gasteiger partial charge on any atom is 0.226 e. The first kappa shape index (κ1) is 35.0. The van der Waals surface area contributed by atoms with E-state index in [1.807, 2.05) is 19.2 Å². The monoisotopic (exact) mass is 696 g/mol. The predicted molar refractivity (Wildman–Crippen MR) is 179 cm³/mol. The third-order valence-corrected chi connectivity index (χ3v) is 11.4. The molecule has 1 aromatic heterocycles. The Hall–Kier alpha value is -3.47. The van der Waals surface area contributed by atoms with E-state index in [2.05, 4.69) is 10.3 Å². The van der Waals surface area contributed by atoms with Crippen molar-refractivity contribution in [3.05, 3.63) is 57.7 Å². The second kappa shape index (κ2) is 13.6. The lowest BCUT2D eigenvalue weighted by molar-refractivity contribution is -0.759. The minimum atomic E-state index is -1.82. The smallest absolute Gasteiger partial charge is 0.226 e. The van der Waals surface area contributed by atoms with E-state index in [1.165, 1.54) is 6.07 Å². The number of benzene rings is 1. The molecule has 4 aliphatic heterocycles. The highest BCUT2D eigenvalue weighted by atomic mass is 17.2. The van der Waals surface area contributed by atoms with E-state index in [0.29, 0.717) is 59.7 Å². The van der Waals surface area contributed by atoms with E-state index in [1.54, 1.807) is 19.2 Å². The molecule has 2 aromatic rings. The summed E-state index contributed by atoms with van der Waals surface area (Å²) < 4.78 is 13.3. The van der Waals surface area contributed by atoms with E-state index >= 15 is 0 Å². The normalized spacial score (nSPS) is 28.9. The highest BCUT2D eigenvalue weighted by molar-refractivity contribution is 6.07. The van der Waals surface area contributed by atoms with Crippen LogP contribution in [0.5, 0.6) is 5.75 Å². The Bertz CT molecular complexity index is 1800. The van der Waals surface area contributed by atoms with Gasteiger partial charge in [0.05, 0.1) is 23.0 Å². The van der Waals surface area contributed by atoms with E-state index in [-0.39, 0.29) is 23.7 Å². The van der Waals surface area contributed by atoms with Gasteiger partial charge in [0, 0.05) is 30.8 Å². The Balaban J connectivity index is 1.22. The number of carbonyl (C=O) groups is 1. The topological polar surface area (TPSA) is 205 Å². The number of quaternary nitrogens is 1. The van der Waals surface area contributed by atoms with Crippen molar-refractivity contribution < 1.29 is 54.2 Å². The fraction of sp³-hybridized carbons (Fsp3) is 0.583. The van der Waals surface area contributed by atoms with Crippen LogP contribution in [0, 0.1) is 18.3 Å². The van der Waals surface area contributed by atoms with Gasteiger partial charge in [-0.15, -0.1) is 0 Å². The fourth-order valence-corrected chi connectivity index (χ4v) is 8.41. The molecule has 1 spiro atoms. The summed E-state index contributed by atoms with van der Waals surface area (Å²) in [7, 11) is 0. The van der Waals surface area contributed by atoms with Crippen LogP contribution >= 0.6 is 0 Å². The summed E-state index contributed by atoms with van der Waals surface area (Å²) in [6.07, 6.45) is 3.16. The van der Waals surface area contributed by atoms with Crippen LogP contribution in [0.2, 0.25) is 0 Å². The number of carbonyl (C=O) groups excluding carboxylic acids is 1.